The lowest BCUT2D eigenvalue weighted by Gasteiger charge is -2.37. The van der Waals surface area contributed by atoms with Crippen LogP contribution in [-0.4, -0.2) is 24.3 Å². The van der Waals surface area contributed by atoms with Crippen LogP contribution < -0.4 is 0 Å². The summed E-state index contributed by atoms with van der Waals surface area (Å²) in [5.41, 5.74) is 1.14. The minimum Gasteiger partial charge on any atom is -0.469 e. The van der Waals surface area contributed by atoms with Crippen molar-refractivity contribution in [2.24, 2.45) is 11.3 Å². The minimum absolute atomic E-state index is 0.0619. The molecule has 0 aliphatic heterocycles. The van der Waals surface area contributed by atoms with E-state index in [1.54, 1.807) is 0 Å². The van der Waals surface area contributed by atoms with Gasteiger partial charge in [-0.25, -0.2) is 0 Å². The van der Waals surface area contributed by atoms with Crippen molar-refractivity contribution < 1.29 is 14.6 Å². The number of ether oxygens (including phenoxy) is 1. The molecule has 0 saturated heterocycles. The number of hydrogen-bond donors (Lipinski definition) is 1. The van der Waals surface area contributed by atoms with E-state index < -0.39 is 0 Å². The lowest BCUT2D eigenvalue weighted by atomic mass is 9.69. The zero-order chi connectivity index (χ0) is 13.1. The van der Waals surface area contributed by atoms with Crippen LogP contribution in [0.15, 0.2) is 11.6 Å². The SMILES string of the molecule is COC(=O)CCC(C)(C)[C@@H]1CC=C(C)[C@@H](O)C1. The topological polar surface area (TPSA) is 46.5 Å². The van der Waals surface area contributed by atoms with Crippen molar-refractivity contribution in [3.05, 3.63) is 11.6 Å². The molecule has 1 aliphatic rings. The molecule has 3 heteroatoms. The third-order valence-corrected chi connectivity index (χ3v) is 4.06. The first kappa shape index (κ1) is 14.2. The summed E-state index contributed by atoms with van der Waals surface area (Å²) in [7, 11) is 1.42. The highest BCUT2D eigenvalue weighted by molar-refractivity contribution is 5.69. The van der Waals surface area contributed by atoms with Crippen LogP contribution in [0.3, 0.4) is 0 Å². The molecule has 0 heterocycles. The fraction of sp³-hybridized carbons (Fsp3) is 0.786. The Labute approximate surface area is 104 Å². The normalized spacial score (nSPS) is 25.4. The van der Waals surface area contributed by atoms with Gasteiger partial charge in [0.05, 0.1) is 13.2 Å². The van der Waals surface area contributed by atoms with Crippen LogP contribution in [0.4, 0.5) is 0 Å². The Morgan fingerprint density at radius 3 is 2.76 bits per heavy atom. The van der Waals surface area contributed by atoms with Crippen LogP contribution >= 0.6 is 0 Å². The average molecular weight is 240 g/mol. The van der Waals surface area contributed by atoms with Gasteiger partial charge < -0.3 is 9.84 Å². The lowest BCUT2D eigenvalue weighted by molar-refractivity contribution is -0.141. The van der Waals surface area contributed by atoms with Crippen molar-refractivity contribution >= 4 is 5.97 Å². The molecule has 0 unspecified atom stereocenters. The van der Waals surface area contributed by atoms with Crippen molar-refractivity contribution in [1.29, 1.82) is 0 Å². The van der Waals surface area contributed by atoms with Gasteiger partial charge in [0.2, 0.25) is 0 Å². The highest BCUT2D eigenvalue weighted by Crippen LogP contribution is 2.40. The largest absolute Gasteiger partial charge is 0.469 e. The third-order valence-electron chi connectivity index (χ3n) is 4.06. The van der Waals surface area contributed by atoms with E-state index in [0.29, 0.717) is 12.3 Å². The summed E-state index contributed by atoms with van der Waals surface area (Å²) >= 11 is 0. The second-order valence-electron chi connectivity index (χ2n) is 5.70. The van der Waals surface area contributed by atoms with Crippen LogP contribution in [0.5, 0.6) is 0 Å². The quantitative estimate of drug-likeness (QED) is 0.607. The second-order valence-corrected chi connectivity index (χ2v) is 5.70. The van der Waals surface area contributed by atoms with E-state index in [1.165, 1.54) is 7.11 Å². The maximum Gasteiger partial charge on any atom is 0.305 e. The van der Waals surface area contributed by atoms with Crippen LogP contribution in [0, 0.1) is 11.3 Å². The van der Waals surface area contributed by atoms with Gasteiger partial charge in [-0.3, -0.25) is 4.79 Å². The fourth-order valence-electron chi connectivity index (χ4n) is 2.38. The van der Waals surface area contributed by atoms with Crippen molar-refractivity contribution in [3.8, 4) is 0 Å². The van der Waals surface area contributed by atoms with Crippen LogP contribution in [0.2, 0.25) is 0 Å². The molecule has 0 aromatic heterocycles. The zero-order valence-corrected chi connectivity index (χ0v) is 11.3. The monoisotopic (exact) mass is 240 g/mol. The number of aliphatic hydroxyl groups is 1. The molecule has 2 atom stereocenters. The standard InChI is InChI=1S/C14H24O3/c1-10-5-6-11(9-12(10)15)14(2,3)8-7-13(16)17-4/h5,11-12,15H,6-9H2,1-4H3/t11-,12+/m1/s1. The van der Waals surface area contributed by atoms with E-state index >= 15 is 0 Å². The van der Waals surface area contributed by atoms with Crippen molar-refractivity contribution in [1.82, 2.24) is 0 Å². The summed E-state index contributed by atoms with van der Waals surface area (Å²) in [5.74, 6) is 0.284. The molecule has 0 radical (unpaired) electrons. The molecule has 0 amide bonds. The van der Waals surface area contributed by atoms with Gasteiger partial charge in [0.1, 0.15) is 0 Å². The molecular weight excluding hydrogens is 216 g/mol. The fourth-order valence-corrected chi connectivity index (χ4v) is 2.38. The molecule has 17 heavy (non-hydrogen) atoms. The number of rotatable bonds is 4. The molecule has 0 saturated carbocycles. The summed E-state index contributed by atoms with van der Waals surface area (Å²) in [5, 5.41) is 9.88. The molecule has 0 aromatic rings. The number of esters is 1. The predicted molar refractivity (Wildman–Crippen MR) is 67.5 cm³/mol. The molecule has 1 N–H and O–H groups in total. The maximum absolute atomic E-state index is 11.2. The molecule has 3 nitrogen and oxygen atoms in total. The first-order chi connectivity index (χ1) is 7.86. The van der Waals surface area contributed by atoms with Crippen LogP contribution in [0.25, 0.3) is 0 Å². The van der Waals surface area contributed by atoms with E-state index in [2.05, 4.69) is 24.7 Å². The van der Waals surface area contributed by atoms with E-state index in [-0.39, 0.29) is 17.5 Å². The second kappa shape index (κ2) is 5.67. The van der Waals surface area contributed by atoms with Crippen LogP contribution in [0.1, 0.15) is 46.5 Å². The van der Waals surface area contributed by atoms with E-state index in [9.17, 15) is 9.90 Å². The van der Waals surface area contributed by atoms with E-state index in [1.807, 2.05) is 6.92 Å². The van der Waals surface area contributed by atoms with Gasteiger partial charge in [0, 0.05) is 6.42 Å². The molecule has 1 aliphatic carbocycles. The van der Waals surface area contributed by atoms with Crippen molar-refractivity contribution in [2.45, 2.75) is 52.6 Å². The van der Waals surface area contributed by atoms with E-state index in [0.717, 1.165) is 24.8 Å². The zero-order valence-electron chi connectivity index (χ0n) is 11.3. The van der Waals surface area contributed by atoms with Gasteiger partial charge in [-0.1, -0.05) is 19.9 Å². The predicted octanol–water partition coefficient (Wildman–Crippen LogP) is 2.68. The molecule has 0 bridgehead atoms. The Morgan fingerprint density at radius 2 is 2.24 bits per heavy atom. The lowest BCUT2D eigenvalue weighted by Crippen LogP contribution is -2.31. The summed E-state index contributed by atoms with van der Waals surface area (Å²) in [6, 6.07) is 0. The minimum atomic E-state index is -0.314. The van der Waals surface area contributed by atoms with Gasteiger partial charge >= 0.3 is 5.97 Å². The van der Waals surface area contributed by atoms with Crippen molar-refractivity contribution in [2.75, 3.05) is 7.11 Å². The van der Waals surface area contributed by atoms with Gasteiger partial charge in [0.25, 0.3) is 0 Å². The number of carbonyl (C=O) groups is 1. The summed E-state index contributed by atoms with van der Waals surface area (Å²) in [6.45, 7) is 6.31. The van der Waals surface area contributed by atoms with Gasteiger partial charge in [-0.15, -0.1) is 0 Å². The van der Waals surface area contributed by atoms with Gasteiger partial charge in [-0.05, 0) is 43.1 Å². The summed E-state index contributed by atoms with van der Waals surface area (Å²) < 4.78 is 4.67. The average Bonchev–Trinajstić information content (AvgIpc) is 2.29. The van der Waals surface area contributed by atoms with Gasteiger partial charge in [-0.2, -0.15) is 0 Å². The van der Waals surface area contributed by atoms with Crippen LogP contribution in [-0.2, 0) is 9.53 Å². The Morgan fingerprint density at radius 1 is 1.59 bits per heavy atom. The molecule has 0 aromatic carbocycles. The first-order valence-electron chi connectivity index (χ1n) is 6.28. The molecule has 98 valence electrons. The number of methoxy groups -OCH3 is 1. The Kier molecular flexibility index (Phi) is 4.75. The number of carbonyl (C=O) groups excluding carboxylic acids is 1. The summed E-state index contributed by atoms with van der Waals surface area (Å²) in [6.07, 6.45) is 4.88. The smallest absolute Gasteiger partial charge is 0.305 e. The molecular formula is C14H24O3. The van der Waals surface area contributed by atoms with Crippen molar-refractivity contribution in [3.63, 3.8) is 0 Å². The highest BCUT2D eigenvalue weighted by Gasteiger charge is 2.33. The van der Waals surface area contributed by atoms with Gasteiger partial charge in [0.15, 0.2) is 0 Å². The Balaban J connectivity index is 2.56. The number of aliphatic hydroxyl groups excluding tert-OH is 1. The summed E-state index contributed by atoms with van der Waals surface area (Å²) in [4.78, 5) is 11.2. The van der Waals surface area contributed by atoms with E-state index in [4.69, 9.17) is 0 Å². The number of hydrogen-bond acceptors (Lipinski definition) is 3. The maximum atomic E-state index is 11.2. The molecule has 0 spiro atoms. The first-order valence-corrected chi connectivity index (χ1v) is 6.28. The number of allylic oxidation sites excluding steroid dienone is 1. The molecule has 1 rings (SSSR count). The Hall–Kier alpha value is -0.830. The highest BCUT2D eigenvalue weighted by atomic mass is 16.5. The third kappa shape index (κ3) is 3.84. The Bertz CT molecular complexity index is 305. The molecule has 0 fully saturated rings.